The lowest BCUT2D eigenvalue weighted by molar-refractivity contribution is 0.112. The van der Waals surface area contributed by atoms with Crippen LogP contribution < -0.4 is 4.74 Å². The molecule has 0 saturated heterocycles. The van der Waals surface area contributed by atoms with Crippen LogP contribution in [0.15, 0.2) is 64.8 Å². The van der Waals surface area contributed by atoms with Crippen LogP contribution in [-0.2, 0) is 21.4 Å². The van der Waals surface area contributed by atoms with Gasteiger partial charge in [0.2, 0.25) is 0 Å². The maximum absolute atomic E-state index is 14.7. The van der Waals surface area contributed by atoms with Crippen LogP contribution in [0.5, 0.6) is 5.75 Å². The number of aliphatic imine (C=N–C) groups is 1. The van der Waals surface area contributed by atoms with Gasteiger partial charge in [-0.3, -0.25) is 14.9 Å². The average molecular weight is 660 g/mol. The first kappa shape index (κ1) is 36.6. The van der Waals surface area contributed by atoms with Crippen molar-refractivity contribution in [3.05, 3.63) is 81.6 Å². The fourth-order valence-electron chi connectivity index (χ4n) is 4.91. The van der Waals surface area contributed by atoms with Crippen molar-refractivity contribution in [3.63, 3.8) is 0 Å². The highest BCUT2D eigenvalue weighted by Crippen LogP contribution is 2.34. The molecule has 1 atom stereocenters. The summed E-state index contributed by atoms with van der Waals surface area (Å²) < 4.78 is 17.0. The molecule has 0 fully saturated rings. The Kier molecular flexibility index (Phi) is 13.5. The number of amidine groups is 1. The molecule has 246 valence electrons. The molecule has 8 nitrogen and oxygen atoms in total. The number of pyridine rings is 1. The van der Waals surface area contributed by atoms with E-state index in [1.165, 1.54) is 0 Å². The van der Waals surface area contributed by atoms with Gasteiger partial charge < -0.3 is 19.1 Å². The number of halogens is 2. The lowest BCUT2D eigenvalue weighted by Crippen LogP contribution is -2.49. The quantitative estimate of drug-likeness (QED) is 0.162. The molecule has 1 unspecified atom stereocenters. The number of nitrogens with zero attached hydrogens (tertiary/aromatic N) is 4. The topological polar surface area (TPSA) is 76.5 Å². The molecule has 45 heavy (non-hydrogen) atoms. The van der Waals surface area contributed by atoms with Crippen molar-refractivity contribution >= 4 is 35.1 Å². The van der Waals surface area contributed by atoms with Crippen molar-refractivity contribution in [2.75, 3.05) is 47.1 Å². The van der Waals surface area contributed by atoms with E-state index in [1.54, 1.807) is 30.2 Å². The van der Waals surface area contributed by atoms with Gasteiger partial charge in [-0.1, -0.05) is 68.3 Å². The van der Waals surface area contributed by atoms with Crippen LogP contribution in [0.2, 0.25) is 5.02 Å². The molecule has 1 aromatic heterocycles. The molecule has 0 bridgehead atoms. The van der Waals surface area contributed by atoms with E-state index in [-0.39, 0.29) is 23.9 Å². The SMILES string of the molecule is CCOc1cc(C(C)(C)C)ncc1C(=NC(C)(C)C1C=CC(Cl)=CC1)N(Cc1ccc(Cl)cc1)C(=O)N(CCOC)CCOC. The van der Waals surface area contributed by atoms with Crippen LogP contribution in [-0.4, -0.2) is 79.3 Å². The second-order valence-electron chi connectivity index (χ2n) is 12.6. The number of methoxy groups -OCH3 is 2. The number of allylic oxidation sites excluding steroid dienone is 3. The van der Waals surface area contributed by atoms with Crippen molar-refractivity contribution in [2.45, 2.75) is 65.5 Å². The monoisotopic (exact) mass is 658 g/mol. The highest BCUT2D eigenvalue weighted by molar-refractivity contribution is 6.31. The summed E-state index contributed by atoms with van der Waals surface area (Å²) in [4.78, 5) is 28.4. The zero-order chi connectivity index (χ0) is 33.2. The van der Waals surface area contributed by atoms with Crippen LogP contribution in [0.4, 0.5) is 4.79 Å². The standard InChI is InChI=1S/C35H48Cl2N4O4/c1-9-45-30-22-31(34(2,3)4)38-23-29(30)32(39-35(5,6)26-12-16-28(37)17-13-26)41(24-25-10-14-27(36)15-11-25)33(42)40(18-20-43-7)19-21-44-8/h10-12,14-17,22-23,26H,9,13,18-21,24H2,1-8H3. The van der Waals surface area contributed by atoms with Crippen molar-refractivity contribution in [1.82, 2.24) is 14.8 Å². The predicted octanol–water partition coefficient (Wildman–Crippen LogP) is 7.87. The summed E-state index contributed by atoms with van der Waals surface area (Å²) in [6.45, 7) is 14.6. The molecule has 1 aliphatic rings. The number of amides is 2. The first-order chi connectivity index (χ1) is 21.3. The summed E-state index contributed by atoms with van der Waals surface area (Å²) in [5.74, 6) is 1.12. The fraction of sp³-hybridized carbons (Fsp3) is 0.514. The second kappa shape index (κ2) is 16.6. The van der Waals surface area contributed by atoms with E-state index in [9.17, 15) is 4.79 Å². The maximum atomic E-state index is 14.7. The number of hydrogen-bond donors (Lipinski definition) is 0. The number of hydrogen-bond acceptors (Lipinski definition) is 6. The number of ether oxygens (including phenoxy) is 3. The van der Waals surface area contributed by atoms with Crippen molar-refractivity contribution in [1.29, 1.82) is 0 Å². The minimum absolute atomic E-state index is 0.0397. The first-order valence-electron chi connectivity index (χ1n) is 15.4. The molecule has 1 heterocycles. The van der Waals surface area contributed by atoms with Gasteiger partial charge in [0.25, 0.3) is 0 Å². The van der Waals surface area contributed by atoms with E-state index in [4.69, 9.17) is 47.4 Å². The third-order valence-corrected chi connectivity index (χ3v) is 8.21. The molecule has 0 aliphatic heterocycles. The molecule has 2 amide bonds. The smallest absolute Gasteiger partial charge is 0.326 e. The lowest BCUT2D eigenvalue weighted by atomic mass is 9.83. The summed E-state index contributed by atoms with van der Waals surface area (Å²) in [5.41, 5.74) is 1.55. The van der Waals surface area contributed by atoms with E-state index in [2.05, 4.69) is 40.7 Å². The van der Waals surface area contributed by atoms with Crippen LogP contribution in [0.3, 0.4) is 0 Å². The molecule has 0 saturated carbocycles. The third kappa shape index (κ3) is 10.3. The molecular weight excluding hydrogens is 611 g/mol. The molecule has 0 spiro atoms. The van der Waals surface area contributed by atoms with Crippen LogP contribution in [0, 0.1) is 5.92 Å². The van der Waals surface area contributed by atoms with E-state index in [0.29, 0.717) is 60.1 Å². The van der Waals surface area contributed by atoms with Gasteiger partial charge in [-0.15, -0.1) is 0 Å². The Morgan fingerprint density at radius 2 is 1.69 bits per heavy atom. The number of carbonyl (C=O) groups excluding carboxylic acids is 1. The van der Waals surface area contributed by atoms with Crippen LogP contribution in [0.1, 0.15) is 64.8 Å². The Bertz CT molecular complexity index is 1360. The fourth-order valence-corrected chi connectivity index (χ4v) is 5.20. The van der Waals surface area contributed by atoms with Crippen LogP contribution >= 0.6 is 23.2 Å². The highest BCUT2D eigenvalue weighted by Gasteiger charge is 2.34. The normalized spacial score (nSPS) is 15.6. The number of aromatic nitrogens is 1. The minimum Gasteiger partial charge on any atom is -0.493 e. The third-order valence-electron chi connectivity index (χ3n) is 7.67. The largest absolute Gasteiger partial charge is 0.493 e. The van der Waals surface area contributed by atoms with E-state index in [1.807, 2.05) is 49.4 Å². The Morgan fingerprint density at radius 1 is 1.04 bits per heavy atom. The van der Waals surface area contributed by atoms with Gasteiger partial charge in [0.15, 0.2) is 0 Å². The molecule has 3 rings (SSSR count). The number of carbonyl (C=O) groups is 1. The molecule has 2 aromatic rings. The van der Waals surface area contributed by atoms with E-state index in [0.717, 1.165) is 17.7 Å². The molecule has 0 radical (unpaired) electrons. The minimum atomic E-state index is -0.630. The maximum Gasteiger partial charge on any atom is 0.326 e. The van der Waals surface area contributed by atoms with Crippen molar-refractivity contribution < 1.29 is 19.0 Å². The van der Waals surface area contributed by atoms with Crippen molar-refractivity contribution in [3.8, 4) is 5.75 Å². The average Bonchev–Trinajstić information content (AvgIpc) is 2.99. The van der Waals surface area contributed by atoms with Gasteiger partial charge in [0.05, 0.1) is 37.5 Å². The Labute approximate surface area is 279 Å². The summed E-state index contributed by atoms with van der Waals surface area (Å²) in [6.07, 6.45) is 8.50. The summed E-state index contributed by atoms with van der Waals surface area (Å²) >= 11 is 12.5. The molecule has 1 aromatic carbocycles. The Morgan fingerprint density at radius 3 is 2.22 bits per heavy atom. The summed E-state index contributed by atoms with van der Waals surface area (Å²) in [7, 11) is 3.24. The molecule has 1 aliphatic carbocycles. The Balaban J connectivity index is 2.30. The zero-order valence-corrected chi connectivity index (χ0v) is 29.4. The number of benzene rings is 1. The van der Waals surface area contributed by atoms with E-state index >= 15 is 0 Å². The summed E-state index contributed by atoms with van der Waals surface area (Å²) in [6, 6.07) is 9.20. The summed E-state index contributed by atoms with van der Waals surface area (Å²) in [5, 5.41) is 1.32. The van der Waals surface area contributed by atoms with Crippen LogP contribution in [0.25, 0.3) is 0 Å². The molecular formula is C35H48Cl2N4O4. The van der Waals surface area contributed by atoms with Gasteiger partial charge in [-0.05, 0) is 51.0 Å². The number of rotatable bonds is 13. The van der Waals surface area contributed by atoms with E-state index < -0.39 is 5.54 Å². The predicted molar refractivity (Wildman–Crippen MR) is 184 cm³/mol. The zero-order valence-electron chi connectivity index (χ0n) is 27.9. The molecule has 0 N–H and O–H groups in total. The lowest BCUT2D eigenvalue weighted by Gasteiger charge is -2.36. The van der Waals surface area contributed by atoms with Gasteiger partial charge >= 0.3 is 6.03 Å². The molecule has 10 heteroatoms. The highest BCUT2D eigenvalue weighted by atomic mass is 35.5. The van der Waals surface area contributed by atoms with Gasteiger partial charge in [-0.25, -0.2) is 4.79 Å². The van der Waals surface area contributed by atoms with Gasteiger partial charge in [0, 0.05) is 66.7 Å². The van der Waals surface area contributed by atoms with Crippen molar-refractivity contribution in [2.24, 2.45) is 10.9 Å². The van der Waals surface area contributed by atoms with Gasteiger partial charge in [-0.2, -0.15) is 0 Å². The first-order valence-corrected chi connectivity index (χ1v) is 16.1. The van der Waals surface area contributed by atoms with Gasteiger partial charge in [0.1, 0.15) is 11.6 Å². The number of urea groups is 1. The second-order valence-corrected chi connectivity index (χ2v) is 13.5. The Hall–Kier alpha value is -2.91.